The van der Waals surface area contributed by atoms with E-state index in [0.717, 1.165) is 4.57 Å². The summed E-state index contributed by atoms with van der Waals surface area (Å²) in [4.78, 5) is 23.4. The largest absolute Gasteiger partial charge is 0.384 e. The van der Waals surface area contributed by atoms with E-state index >= 15 is 0 Å². The number of hydrogen-bond donors (Lipinski definition) is 1. The van der Waals surface area contributed by atoms with Crippen molar-refractivity contribution < 1.29 is 4.92 Å². The smallest absolute Gasteiger partial charge is 0.275 e. The van der Waals surface area contributed by atoms with Crippen LogP contribution < -0.4 is 11.3 Å². The number of hydrogen-bond acceptors (Lipinski definition) is 6. The average molecular weight is 357 g/mol. The highest BCUT2D eigenvalue weighted by molar-refractivity contribution is 5.82. The Hall–Kier alpha value is -4.43. The molecule has 0 radical (unpaired) electrons. The fourth-order valence-corrected chi connectivity index (χ4v) is 2.81. The summed E-state index contributed by atoms with van der Waals surface area (Å²) in [7, 11) is 0. The lowest BCUT2D eigenvalue weighted by Gasteiger charge is -2.15. The molecule has 0 saturated carbocycles. The summed E-state index contributed by atoms with van der Waals surface area (Å²) in [6.45, 7) is 0. The van der Waals surface area contributed by atoms with Gasteiger partial charge in [0.25, 0.3) is 11.2 Å². The average Bonchev–Trinajstić information content (AvgIpc) is 2.68. The highest BCUT2D eigenvalue weighted by Crippen LogP contribution is 2.32. The molecule has 2 aromatic carbocycles. The molecule has 0 unspecified atom stereocenters. The van der Waals surface area contributed by atoms with Gasteiger partial charge < -0.3 is 5.73 Å². The van der Waals surface area contributed by atoms with Crippen LogP contribution in [0.2, 0.25) is 0 Å². The first kappa shape index (κ1) is 17.4. The van der Waals surface area contributed by atoms with Crippen LogP contribution in [0.15, 0.2) is 59.4 Å². The fourth-order valence-electron chi connectivity index (χ4n) is 2.81. The second kappa shape index (κ2) is 6.82. The molecule has 0 amide bonds. The van der Waals surface area contributed by atoms with Crippen molar-refractivity contribution in [1.82, 2.24) is 4.57 Å². The van der Waals surface area contributed by atoms with Crippen LogP contribution in [0.25, 0.3) is 16.8 Å². The molecule has 1 aromatic heterocycles. The number of aromatic nitrogens is 1. The molecule has 0 aliphatic carbocycles. The highest BCUT2D eigenvalue weighted by atomic mass is 16.6. The third kappa shape index (κ3) is 2.88. The van der Waals surface area contributed by atoms with Gasteiger partial charge in [-0.1, -0.05) is 30.3 Å². The van der Waals surface area contributed by atoms with E-state index in [2.05, 4.69) is 0 Å². The van der Waals surface area contributed by atoms with Crippen LogP contribution in [0.1, 0.15) is 11.1 Å². The Balaban J connectivity index is 2.43. The minimum absolute atomic E-state index is 0.0154. The van der Waals surface area contributed by atoms with Crippen molar-refractivity contribution in [2.75, 3.05) is 5.73 Å². The zero-order valence-electron chi connectivity index (χ0n) is 13.8. The van der Waals surface area contributed by atoms with Crippen LogP contribution in [0.3, 0.4) is 0 Å². The number of nitrogens with two attached hydrogens (primary N) is 1. The molecule has 0 aliphatic heterocycles. The Morgan fingerprint density at radius 2 is 1.67 bits per heavy atom. The van der Waals surface area contributed by atoms with Gasteiger partial charge in [0.2, 0.25) is 0 Å². The van der Waals surface area contributed by atoms with Gasteiger partial charge in [-0.15, -0.1) is 0 Å². The first-order valence-electron chi connectivity index (χ1n) is 7.68. The van der Waals surface area contributed by atoms with Gasteiger partial charge in [0, 0.05) is 17.7 Å². The monoisotopic (exact) mass is 357 g/mol. The zero-order valence-corrected chi connectivity index (χ0v) is 13.8. The Morgan fingerprint density at radius 1 is 1.00 bits per heavy atom. The lowest BCUT2D eigenvalue weighted by Crippen LogP contribution is -2.26. The van der Waals surface area contributed by atoms with E-state index in [1.807, 2.05) is 12.1 Å². The van der Waals surface area contributed by atoms with Crippen molar-refractivity contribution in [3.05, 3.63) is 86.2 Å². The molecular formula is C19H11N5O3. The molecular weight excluding hydrogens is 346 g/mol. The molecule has 8 heteroatoms. The van der Waals surface area contributed by atoms with Gasteiger partial charge in [-0.2, -0.15) is 10.5 Å². The number of rotatable bonds is 3. The zero-order chi connectivity index (χ0) is 19.6. The van der Waals surface area contributed by atoms with Gasteiger partial charge in [-0.05, 0) is 17.7 Å². The van der Waals surface area contributed by atoms with Crippen molar-refractivity contribution in [1.29, 1.82) is 10.5 Å². The van der Waals surface area contributed by atoms with Crippen LogP contribution in [-0.2, 0) is 0 Å². The first-order valence-corrected chi connectivity index (χ1v) is 7.68. The predicted octanol–water partition coefficient (Wildman–Crippen LogP) is 2.74. The molecule has 1 heterocycles. The Labute approximate surface area is 153 Å². The van der Waals surface area contributed by atoms with E-state index < -0.39 is 10.5 Å². The number of para-hydroxylation sites is 1. The molecule has 3 rings (SSSR count). The third-order valence-corrected chi connectivity index (χ3v) is 4.00. The number of nitrogens with zero attached hydrogens (tertiary/aromatic N) is 4. The van der Waals surface area contributed by atoms with Crippen LogP contribution >= 0.6 is 0 Å². The maximum Gasteiger partial charge on any atom is 0.275 e. The van der Waals surface area contributed by atoms with E-state index in [1.165, 1.54) is 24.3 Å². The minimum atomic E-state index is -0.707. The maximum atomic E-state index is 12.9. The molecule has 0 spiro atoms. The summed E-state index contributed by atoms with van der Waals surface area (Å²) in [5, 5.41) is 30.3. The lowest BCUT2D eigenvalue weighted by molar-refractivity contribution is -0.384. The quantitative estimate of drug-likeness (QED) is 0.565. The van der Waals surface area contributed by atoms with Crippen LogP contribution in [0.4, 0.5) is 11.5 Å². The summed E-state index contributed by atoms with van der Waals surface area (Å²) in [5.41, 5.74) is 5.31. The summed E-state index contributed by atoms with van der Waals surface area (Å²) in [5.74, 6) is -0.144. The van der Waals surface area contributed by atoms with Gasteiger partial charge in [0.05, 0.1) is 10.6 Å². The number of nitrogen functional groups attached to an aromatic ring is 1. The normalized spacial score (nSPS) is 10.0. The Bertz CT molecular complexity index is 1200. The Kier molecular flexibility index (Phi) is 4.40. The van der Waals surface area contributed by atoms with Crippen molar-refractivity contribution in [2.24, 2.45) is 0 Å². The van der Waals surface area contributed by atoms with Crippen molar-refractivity contribution in [2.45, 2.75) is 0 Å². The molecule has 130 valence electrons. The summed E-state index contributed by atoms with van der Waals surface area (Å²) in [6, 6.07) is 17.5. The van der Waals surface area contributed by atoms with E-state index in [9.17, 15) is 25.4 Å². The molecule has 2 N–H and O–H groups in total. The van der Waals surface area contributed by atoms with Crippen LogP contribution in [0, 0.1) is 32.8 Å². The number of nitro groups is 1. The molecule has 0 aliphatic rings. The lowest BCUT2D eigenvalue weighted by atomic mass is 9.96. The molecule has 0 bridgehead atoms. The van der Waals surface area contributed by atoms with Gasteiger partial charge in [-0.25, -0.2) is 0 Å². The first-order chi connectivity index (χ1) is 13.0. The SMILES string of the molecule is N#Cc1c(-c2cccc([N+](=O)[O-])c2)c(C#N)c(=O)n(-c2ccccc2)c1N. The number of benzene rings is 2. The second-order valence-electron chi connectivity index (χ2n) is 5.52. The molecule has 0 saturated heterocycles. The molecule has 0 fully saturated rings. The van der Waals surface area contributed by atoms with Gasteiger partial charge in [0.15, 0.2) is 0 Å². The number of non-ortho nitro benzene ring substituents is 1. The maximum absolute atomic E-state index is 12.9. The molecule has 0 atom stereocenters. The summed E-state index contributed by atoms with van der Waals surface area (Å²) >= 11 is 0. The van der Waals surface area contributed by atoms with E-state index in [0.29, 0.717) is 5.69 Å². The summed E-state index contributed by atoms with van der Waals surface area (Å²) in [6.07, 6.45) is 0. The van der Waals surface area contributed by atoms with E-state index in [-0.39, 0.29) is 33.8 Å². The number of nitriles is 2. The molecule has 8 nitrogen and oxygen atoms in total. The van der Waals surface area contributed by atoms with E-state index in [1.54, 1.807) is 30.3 Å². The van der Waals surface area contributed by atoms with Crippen LogP contribution in [0.5, 0.6) is 0 Å². The van der Waals surface area contributed by atoms with Crippen LogP contribution in [-0.4, -0.2) is 9.49 Å². The van der Waals surface area contributed by atoms with Crippen molar-refractivity contribution >= 4 is 11.5 Å². The second-order valence-corrected chi connectivity index (χ2v) is 5.52. The fraction of sp³-hybridized carbons (Fsp3) is 0. The molecule has 27 heavy (non-hydrogen) atoms. The number of pyridine rings is 1. The van der Waals surface area contributed by atoms with Crippen molar-refractivity contribution in [3.63, 3.8) is 0 Å². The van der Waals surface area contributed by atoms with Crippen molar-refractivity contribution in [3.8, 4) is 29.0 Å². The number of nitro benzene ring substituents is 1. The summed E-state index contributed by atoms with van der Waals surface area (Å²) < 4.78 is 1.08. The standard InChI is InChI=1S/C19H11N5O3/c20-10-15-17(12-5-4-8-14(9-12)24(26)27)16(11-21)19(25)23(18(15)22)13-6-2-1-3-7-13/h1-9H,22H2. The van der Waals surface area contributed by atoms with Gasteiger partial charge >= 0.3 is 0 Å². The highest BCUT2D eigenvalue weighted by Gasteiger charge is 2.23. The topological polar surface area (TPSA) is 139 Å². The minimum Gasteiger partial charge on any atom is -0.384 e. The number of anilines is 1. The predicted molar refractivity (Wildman–Crippen MR) is 98.0 cm³/mol. The Morgan fingerprint density at radius 3 is 2.26 bits per heavy atom. The third-order valence-electron chi connectivity index (χ3n) is 4.00. The van der Waals surface area contributed by atoms with Gasteiger partial charge in [0.1, 0.15) is 29.1 Å². The van der Waals surface area contributed by atoms with Gasteiger partial charge in [-0.3, -0.25) is 19.5 Å². The molecule has 3 aromatic rings. The van der Waals surface area contributed by atoms with E-state index in [4.69, 9.17) is 5.73 Å².